The lowest BCUT2D eigenvalue weighted by Gasteiger charge is -2.18. The van der Waals surface area contributed by atoms with Crippen molar-refractivity contribution in [3.05, 3.63) is 65.7 Å². The van der Waals surface area contributed by atoms with E-state index in [0.717, 1.165) is 0 Å². The summed E-state index contributed by atoms with van der Waals surface area (Å²) in [7, 11) is -4.14. The maximum atomic E-state index is 12.4. The van der Waals surface area contributed by atoms with E-state index in [9.17, 15) is 22.8 Å². The van der Waals surface area contributed by atoms with E-state index >= 15 is 0 Å². The Balaban J connectivity index is 1.80. The van der Waals surface area contributed by atoms with E-state index in [1.807, 2.05) is 0 Å². The van der Waals surface area contributed by atoms with Crippen molar-refractivity contribution >= 4 is 27.8 Å². The first kappa shape index (κ1) is 17.6. The number of fused-ring (bicyclic) bond motifs is 1. The van der Waals surface area contributed by atoms with E-state index in [1.54, 1.807) is 18.2 Å². The highest BCUT2D eigenvalue weighted by molar-refractivity contribution is 7.90. The summed E-state index contributed by atoms with van der Waals surface area (Å²) in [6, 6.07) is 13.7. The Kier molecular flexibility index (Phi) is 4.47. The standard InChI is InChI=1S/C17H14N2O6S/c18-16(21)15(11-6-2-1-3-7-11)25-14(20)10-19-17(22)12-8-4-5-9-13(12)26(19,23)24/h1-9,15H,10H2,(H2,18,21). The highest BCUT2D eigenvalue weighted by Gasteiger charge is 2.42. The fourth-order valence-electron chi connectivity index (χ4n) is 2.59. The van der Waals surface area contributed by atoms with Gasteiger partial charge in [-0.25, -0.2) is 12.7 Å². The van der Waals surface area contributed by atoms with Crippen LogP contribution >= 0.6 is 0 Å². The van der Waals surface area contributed by atoms with Crippen LogP contribution in [0.15, 0.2) is 59.5 Å². The molecule has 1 aliphatic heterocycles. The van der Waals surface area contributed by atoms with Gasteiger partial charge in [-0.05, 0) is 12.1 Å². The minimum atomic E-state index is -4.14. The molecule has 3 rings (SSSR count). The Labute approximate surface area is 149 Å². The van der Waals surface area contributed by atoms with Crippen molar-refractivity contribution in [1.82, 2.24) is 4.31 Å². The fraction of sp³-hybridized carbons (Fsp3) is 0.118. The lowest BCUT2D eigenvalue weighted by molar-refractivity contribution is -0.155. The second-order valence-electron chi connectivity index (χ2n) is 5.50. The van der Waals surface area contributed by atoms with Crippen LogP contribution in [0.3, 0.4) is 0 Å². The third-order valence-electron chi connectivity index (χ3n) is 3.79. The van der Waals surface area contributed by atoms with E-state index in [2.05, 4.69) is 0 Å². The van der Waals surface area contributed by atoms with Gasteiger partial charge in [-0.3, -0.25) is 14.4 Å². The van der Waals surface area contributed by atoms with Gasteiger partial charge >= 0.3 is 5.97 Å². The van der Waals surface area contributed by atoms with Crippen LogP contribution in [-0.2, 0) is 24.3 Å². The van der Waals surface area contributed by atoms with E-state index in [0.29, 0.717) is 9.87 Å². The minimum Gasteiger partial charge on any atom is -0.446 e. The minimum absolute atomic E-state index is 0.0187. The van der Waals surface area contributed by atoms with Crippen LogP contribution in [0.25, 0.3) is 0 Å². The van der Waals surface area contributed by atoms with Gasteiger partial charge in [0.05, 0.1) is 5.56 Å². The first-order valence-corrected chi connectivity index (χ1v) is 8.96. The molecule has 9 heteroatoms. The van der Waals surface area contributed by atoms with Crippen molar-refractivity contribution in [2.45, 2.75) is 11.0 Å². The molecule has 0 saturated carbocycles. The third-order valence-corrected chi connectivity index (χ3v) is 5.58. The molecule has 0 saturated heterocycles. The van der Waals surface area contributed by atoms with E-state index in [4.69, 9.17) is 10.5 Å². The zero-order valence-corrected chi connectivity index (χ0v) is 14.2. The lowest BCUT2D eigenvalue weighted by Crippen LogP contribution is -2.37. The lowest BCUT2D eigenvalue weighted by atomic mass is 10.1. The zero-order valence-electron chi connectivity index (χ0n) is 13.4. The molecular weight excluding hydrogens is 360 g/mol. The molecule has 2 N–H and O–H groups in total. The highest BCUT2D eigenvalue weighted by Crippen LogP contribution is 2.30. The van der Waals surface area contributed by atoms with Crippen LogP contribution < -0.4 is 5.73 Å². The number of nitrogens with two attached hydrogens (primary N) is 1. The second-order valence-corrected chi connectivity index (χ2v) is 7.33. The molecule has 1 atom stereocenters. The van der Waals surface area contributed by atoms with Gasteiger partial charge in [0.15, 0.2) is 0 Å². The summed E-state index contributed by atoms with van der Waals surface area (Å²) in [5.74, 6) is -2.81. The van der Waals surface area contributed by atoms with Gasteiger partial charge in [-0.2, -0.15) is 0 Å². The monoisotopic (exact) mass is 374 g/mol. The summed E-state index contributed by atoms with van der Waals surface area (Å²) in [4.78, 5) is 35.9. The van der Waals surface area contributed by atoms with Crippen molar-refractivity contribution in [1.29, 1.82) is 0 Å². The molecule has 8 nitrogen and oxygen atoms in total. The summed E-state index contributed by atoms with van der Waals surface area (Å²) in [5, 5.41) is 0. The smallest absolute Gasteiger partial charge is 0.328 e. The van der Waals surface area contributed by atoms with E-state index in [1.165, 1.54) is 36.4 Å². The van der Waals surface area contributed by atoms with Gasteiger partial charge in [0, 0.05) is 5.56 Å². The summed E-state index contributed by atoms with van der Waals surface area (Å²) in [6.45, 7) is -0.855. The van der Waals surface area contributed by atoms with Crippen molar-refractivity contribution in [3.8, 4) is 0 Å². The summed E-state index contributed by atoms with van der Waals surface area (Å²) in [6.07, 6.45) is -1.38. The number of esters is 1. The quantitative estimate of drug-likeness (QED) is 0.765. The number of amides is 2. The van der Waals surface area contributed by atoms with Crippen LogP contribution in [0.2, 0.25) is 0 Å². The average Bonchev–Trinajstić information content (AvgIpc) is 2.81. The number of hydrogen-bond donors (Lipinski definition) is 1. The number of primary amides is 1. The van der Waals surface area contributed by atoms with E-state index < -0.39 is 40.5 Å². The van der Waals surface area contributed by atoms with Crippen LogP contribution in [0, 0.1) is 0 Å². The first-order chi connectivity index (χ1) is 12.3. The van der Waals surface area contributed by atoms with Crippen molar-refractivity contribution in [2.75, 3.05) is 6.54 Å². The number of ether oxygens (including phenoxy) is 1. The SMILES string of the molecule is NC(=O)C(OC(=O)CN1C(=O)c2ccccc2S1(=O)=O)c1ccccc1. The van der Waals surface area contributed by atoms with Crippen molar-refractivity contribution in [3.63, 3.8) is 0 Å². The maximum absolute atomic E-state index is 12.4. The van der Waals surface area contributed by atoms with Gasteiger partial charge in [-0.15, -0.1) is 0 Å². The molecule has 1 unspecified atom stereocenters. The summed E-state index contributed by atoms with van der Waals surface area (Å²) in [5.41, 5.74) is 5.58. The number of hydrogen-bond acceptors (Lipinski definition) is 6. The number of rotatable bonds is 5. The molecule has 0 spiro atoms. The molecule has 0 aliphatic carbocycles. The molecule has 2 aromatic rings. The molecule has 0 bridgehead atoms. The van der Waals surface area contributed by atoms with E-state index in [-0.39, 0.29) is 10.5 Å². The largest absolute Gasteiger partial charge is 0.446 e. The molecule has 2 amide bonds. The summed E-state index contributed by atoms with van der Waals surface area (Å²) >= 11 is 0. The number of sulfonamides is 1. The van der Waals surface area contributed by atoms with Gasteiger partial charge in [-0.1, -0.05) is 42.5 Å². The Bertz CT molecular complexity index is 987. The number of nitrogens with zero attached hydrogens (tertiary/aromatic N) is 1. The molecular formula is C17H14N2O6S. The Morgan fingerprint density at radius 2 is 1.65 bits per heavy atom. The van der Waals surface area contributed by atoms with Gasteiger partial charge in [0.2, 0.25) is 6.10 Å². The number of benzene rings is 2. The molecule has 1 heterocycles. The van der Waals surface area contributed by atoms with Gasteiger partial charge < -0.3 is 10.5 Å². The van der Waals surface area contributed by atoms with Gasteiger partial charge in [0.25, 0.3) is 21.8 Å². The Morgan fingerprint density at radius 3 is 2.27 bits per heavy atom. The van der Waals surface area contributed by atoms with Crippen molar-refractivity contribution < 1.29 is 27.5 Å². The normalized spacial score (nSPS) is 16.0. The molecule has 1 aliphatic rings. The highest BCUT2D eigenvalue weighted by atomic mass is 32.2. The molecule has 0 radical (unpaired) electrons. The fourth-order valence-corrected chi connectivity index (χ4v) is 4.10. The first-order valence-electron chi connectivity index (χ1n) is 7.52. The van der Waals surface area contributed by atoms with Gasteiger partial charge in [0.1, 0.15) is 11.4 Å². The van der Waals surface area contributed by atoms with Crippen molar-refractivity contribution in [2.24, 2.45) is 5.73 Å². The molecule has 26 heavy (non-hydrogen) atoms. The third kappa shape index (κ3) is 3.04. The molecule has 134 valence electrons. The summed E-state index contributed by atoms with van der Waals surface area (Å²) < 4.78 is 30.3. The predicted molar refractivity (Wildman–Crippen MR) is 89.1 cm³/mol. The van der Waals surface area contributed by atoms with Crippen LogP contribution in [0.1, 0.15) is 22.0 Å². The topological polar surface area (TPSA) is 124 Å². The molecule has 0 aromatic heterocycles. The molecule has 2 aromatic carbocycles. The number of carbonyl (C=O) groups is 3. The van der Waals surface area contributed by atoms with Crippen LogP contribution in [-0.4, -0.2) is 37.1 Å². The van der Waals surface area contributed by atoms with Crippen LogP contribution in [0.5, 0.6) is 0 Å². The average molecular weight is 374 g/mol. The number of carbonyl (C=O) groups excluding carboxylic acids is 3. The Morgan fingerprint density at radius 1 is 1.04 bits per heavy atom. The van der Waals surface area contributed by atoms with Crippen LogP contribution in [0.4, 0.5) is 0 Å². The second kappa shape index (κ2) is 6.60. The molecule has 0 fully saturated rings. The predicted octanol–water partition coefficient (Wildman–Crippen LogP) is 0.601. The zero-order chi connectivity index (χ0) is 18.9. The maximum Gasteiger partial charge on any atom is 0.328 e. The Hall–Kier alpha value is -3.20.